The molecule has 86 valence electrons. The minimum Gasteiger partial charge on any atom is -0.395 e. The predicted molar refractivity (Wildman–Crippen MR) is 63.3 cm³/mol. The number of amides is 1. The van der Waals surface area contributed by atoms with Crippen LogP contribution >= 0.6 is 0 Å². The summed E-state index contributed by atoms with van der Waals surface area (Å²) >= 11 is 0. The van der Waals surface area contributed by atoms with E-state index in [1.165, 1.54) is 5.56 Å². The van der Waals surface area contributed by atoms with Crippen LogP contribution in [-0.4, -0.2) is 17.6 Å². The molecule has 1 aliphatic rings. The van der Waals surface area contributed by atoms with E-state index in [4.69, 9.17) is 5.11 Å². The molecule has 1 saturated carbocycles. The van der Waals surface area contributed by atoms with Crippen LogP contribution in [-0.2, 0) is 4.79 Å². The lowest BCUT2D eigenvalue weighted by Gasteiger charge is -2.14. The highest BCUT2D eigenvalue weighted by Gasteiger charge is 2.49. The van der Waals surface area contributed by atoms with Crippen molar-refractivity contribution in [3.05, 3.63) is 29.3 Å². The number of nitrogens with one attached hydrogen (secondary N) is 1. The molecule has 0 radical (unpaired) electrons. The molecule has 1 fully saturated rings. The molecule has 1 aliphatic carbocycles. The summed E-state index contributed by atoms with van der Waals surface area (Å²) in [5.74, 6) is -0.0537. The molecule has 2 rings (SSSR count). The normalized spacial score (nSPS) is 16.9. The summed E-state index contributed by atoms with van der Waals surface area (Å²) in [4.78, 5) is 11.9. The van der Waals surface area contributed by atoms with Gasteiger partial charge in [-0.15, -0.1) is 0 Å². The van der Waals surface area contributed by atoms with E-state index in [1.54, 1.807) is 0 Å². The van der Waals surface area contributed by atoms with Crippen molar-refractivity contribution >= 4 is 11.6 Å². The number of carbonyl (C=O) groups is 1. The van der Waals surface area contributed by atoms with E-state index in [2.05, 4.69) is 5.32 Å². The molecule has 0 bridgehead atoms. The van der Waals surface area contributed by atoms with Gasteiger partial charge in [0.2, 0.25) is 5.91 Å². The van der Waals surface area contributed by atoms with Crippen molar-refractivity contribution < 1.29 is 9.90 Å². The van der Waals surface area contributed by atoms with Gasteiger partial charge in [0.25, 0.3) is 0 Å². The van der Waals surface area contributed by atoms with E-state index in [0.29, 0.717) is 0 Å². The number of aliphatic hydroxyl groups is 1. The van der Waals surface area contributed by atoms with Crippen molar-refractivity contribution in [2.45, 2.75) is 26.7 Å². The fraction of sp³-hybridized carbons (Fsp3) is 0.462. The highest BCUT2D eigenvalue weighted by Crippen LogP contribution is 2.46. The van der Waals surface area contributed by atoms with Crippen molar-refractivity contribution in [3.63, 3.8) is 0 Å². The van der Waals surface area contributed by atoms with Crippen LogP contribution in [0.4, 0.5) is 5.69 Å². The third kappa shape index (κ3) is 1.95. The number of aliphatic hydroxyl groups excluding tert-OH is 1. The van der Waals surface area contributed by atoms with E-state index >= 15 is 0 Å². The largest absolute Gasteiger partial charge is 0.395 e. The highest BCUT2D eigenvalue weighted by atomic mass is 16.3. The van der Waals surface area contributed by atoms with Gasteiger partial charge in [-0.05, 0) is 38.3 Å². The Labute approximate surface area is 95.5 Å². The van der Waals surface area contributed by atoms with E-state index < -0.39 is 5.41 Å². The van der Waals surface area contributed by atoms with Crippen LogP contribution in [0.1, 0.15) is 24.0 Å². The van der Waals surface area contributed by atoms with Crippen LogP contribution in [0.25, 0.3) is 0 Å². The number of benzene rings is 1. The summed E-state index contributed by atoms with van der Waals surface area (Å²) < 4.78 is 0. The topological polar surface area (TPSA) is 49.3 Å². The Morgan fingerprint density at radius 1 is 1.44 bits per heavy atom. The number of aryl methyl sites for hydroxylation is 2. The molecule has 0 heterocycles. The van der Waals surface area contributed by atoms with Crippen LogP contribution in [0.15, 0.2) is 18.2 Å². The molecule has 1 aromatic carbocycles. The van der Waals surface area contributed by atoms with Gasteiger partial charge >= 0.3 is 0 Å². The number of hydrogen-bond donors (Lipinski definition) is 2. The van der Waals surface area contributed by atoms with Crippen molar-refractivity contribution in [1.82, 2.24) is 0 Å². The molecule has 1 aromatic rings. The average Bonchev–Trinajstić information content (AvgIpc) is 3.03. The van der Waals surface area contributed by atoms with Crippen LogP contribution in [0.3, 0.4) is 0 Å². The monoisotopic (exact) mass is 219 g/mol. The third-order valence-electron chi connectivity index (χ3n) is 3.27. The van der Waals surface area contributed by atoms with Gasteiger partial charge in [0, 0.05) is 5.69 Å². The van der Waals surface area contributed by atoms with Gasteiger partial charge in [-0.3, -0.25) is 4.79 Å². The van der Waals surface area contributed by atoms with Crippen molar-refractivity contribution in [2.24, 2.45) is 5.41 Å². The number of hydrogen-bond acceptors (Lipinski definition) is 2. The zero-order valence-corrected chi connectivity index (χ0v) is 9.71. The number of rotatable bonds is 3. The van der Waals surface area contributed by atoms with Crippen molar-refractivity contribution in [2.75, 3.05) is 11.9 Å². The molecule has 0 aliphatic heterocycles. The lowest BCUT2D eigenvalue weighted by atomic mass is 10.1. The summed E-state index contributed by atoms with van der Waals surface area (Å²) in [7, 11) is 0. The molecule has 0 atom stereocenters. The first-order valence-corrected chi connectivity index (χ1v) is 5.57. The molecule has 0 aromatic heterocycles. The summed E-state index contributed by atoms with van der Waals surface area (Å²) in [5.41, 5.74) is 2.58. The first-order valence-electron chi connectivity index (χ1n) is 5.57. The SMILES string of the molecule is Cc1ccc(NC(=O)C2(CO)CC2)c(C)c1. The predicted octanol–water partition coefficient (Wildman–Crippen LogP) is 2.01. The van der Waals surface area contributed by atoms with E-state index in [9.17, 15) is 4.79 Å². The molecule has 3 heteroatoms. The molecule has 1 amide bonds. The molecule has 16 heavy (non-hydrogen) atoms. The average molecular weight is 219 g/mol. The smallest absolute Gasteiger partial charge is 0.232 e. The van der Waals surface area contributed by atoms with Crippen LogP contribution in [0.2, 0.25) is 0 Å². The lowest BCUT2D eigenvalue weighted by molar-refractivity contribution is -0.122. The maximum absolute atomic E-state index is 11.9. The molecular weight excluding hydrogens is 202 g/mol. The fourth-order valence-corrected chi connectivity index (χ4v) is 1.82. The quantitative estimate of drug-likeness (QED) is 0.817. The molecule has 3 nitrogen and oxygen atoms in total. The lowest BCUT2D eigenvalue weighted by Crippen LogP contribution is -2.27. The molecule has 0 spiro atoms. The molecule has 0 unspecified atom stereocenters. The number of anilines is 1. The summed E-state index contributed by atoms with van der Waals surface area (Å²) in [6.07, 6.45) is 1.58. The van der Waals surface area contributed by atoms with Gasteiger partial charge in [-0.25, -0.2) is 0 Å². The van der Waals surface area contributed by atoms with Crippen LogP contribution in [0.5, 0.6) is 0 Å². The summed E-state index contributed by atoms with van der Waals surface area (Å²) in [5, 5.41) is 12.0. The Morgan fingerprint density at radius 2 is 2.12 bits per heavy atom. The Hall–Kier alpha value is -1.35. The Bertz CT molecular complexity index is 422. The van der Waals surface area contributed by atoms with E-state index in [1.807, 2.05) is 32.0 Å². The molecule has 2 N–H and O–H groups in total. The summed E-state index contributed by atoms with van der Waals surface area (Å²) in [6.45, 7) is 3.94. The fourth-order valence-electron chi connectivity index (χ4n) is 1.82. The van der Waals surface area contributed by atoms with E-state index in [-0.39, 0.29) is 12.5 Å². The van der Waals surface area contributed by atoms with Crippen LogP contribution in [0, 0.1) is 19.3 Å². The van der Waals surface area contributed by atoms with Gasteiger partial charge in [0.05, 0.1) is 12.0 Å². The van der Waals surface area contributed by atoms with Gasteiger partial charge in [-0.2, -0.15) is 0 Å². The maximum atomic E-state index is 11.9. The Morgan fingerprint density at radius 3 is 2.62 bits per heavy atom. The second-order valence-corrected chi connectivity index (χ2v) is 4.71. The van der Waals surface area contributed by atoms with Gasteiger partial charge < -0.3 is 10.4 Å². The summed E-state index contributed by atoms with van der Waals surface area (Å²) in [6, 6.07) is 5.92. The van der Waals surface area contributed by atoms with Crippen LogP contribution < -0.4 is 5.32 Å². The first-order chi connectivity index (χ1) is 7.57. The van der Waals surface area contributed by atoms with Crippen molar-refractivity contribution in [3.8, 4) is 0 Å². The Balaban J connectivity index is 2.12. The minimum absolute atomic E-state index is 0.0518. The van der Waals surface area contributed by atoms with Gasteiger partial charge in [0.1, 0.15) is 0 Å². The Kier molecular flexibility index (Phi) is 2.72. The minimum atomic E-state index is -0.503. The van der Waals surface area contributed by atoms with Crippen molar-refractivity contribution in [1.29, 1.82) is 0 Å². The second kappa shape index (κ2) is 3.91. The number of carbonyl (C=O) groups excluding carboxylic acids is 1. The first kappa shape index (κ1) is 11.1. The third-order valence-corrected chi connectivity index (χ3v) is 3.27. The zero-order valence-electron chi connectivity index (χ0n) is 9.71. The standard InChI is InChI=1S/C13H17NO2/c1-9-3-4-11(10(2)7-9)14-12(16)13(8-15)5-6-13/h3-4,7,15H,5-6,8H2,1-2H3,(H,14,16). The van der Waals surface area contributed by atoms with Gasteiger partial charge in [0.15, 0.2) is 0 Å². The molecular formula is C13H17NO2. The zero-order chi connectivity index (χ0) is 11.8. The molecule has 0 saturated heterocycles. The van der Waals surface area contributed by atoms with E-state index in [0.717, 1.165) is 24.1 Å². The highest BCUT2D eigenvalue weighted by molar-refractivity contribution is 5.97. The second-order valence-electron chi connectivity index (χ2n) is 4.71. The van der Waals surface area contributed by atoms with Gasteiger partial charge in [-0.1, -0.05) is 17.7 Å². The maximum Gasteiger partial charge on any atom is 0.232 e.